The number of hydrogen-bond acceptors (Lipinski definition) is 2. The van der Waals surface area contributed by atoms with Gasteiger partial charge in [0.25, 0.3) is 5.82 Å². The van der Waals surface area contributed by atoms with E-state index in [2.05, 4.69) is 118 Å². The van der Waals surface area contributed by atoms with Crippen molar-refractivity contribution >= 4 is 38.5 Å². The lowest BCUT2D eigenvalue weighted by Crippen LogP contribution is -3.00. The number of imidazole rings is 1. The molecule has 0 atom stereocenters. The van der Waals surface area contributed by atoms with Gasteiger partial charge in [0.05, 0.1) is 7.11 Å². The molecule has 5 aromatic carbocycles. The number of aromatic nitrogens is 2. The Labute approximate surface area is 226 Å². The number of hydrogen-bond donors (Lipinski definition) is 0. The summed E-state index contributed by atoms with van der Waals surface area (Å²) >= 11 is 0. The first-order chi connectivity index (χ1) is 17.7. The maximum atomic E-state index is 12.6. The van der Waals surface area contributed by atoms with Crippen molar-refractivity contribution in [2.75, 3.05) is 7.11 Å². The minimum absolute atomic E-state index is 0. The van der Waals surface area contributed by atoms with E-state index in [9.17, 15) is 4.79 Å². The molecule has 0 saturated heterocycles. The number of methoxy groups -OCH3 is 1. The number of halogens is 1. The van der Waals surface area contributed by atoms with Crippen LogP contribution in [-0.2, 0) is 29.0 Å². The van der Waals surface area contributed by atoms with Crippen LogP contribution in [0.3, 0.4) is 0 Å². The van der Waals surface area contributed by atoms with Crippen molar-refractivity contribution in [2.24, 2.45) is 0 Å². The third kappa shape index (κ3) is 4.87. The molecule has 37 heavy (non-hydrogen) atoms. The summed E-state index contributed by atoms with van der Waals surface area (Å²) in [5.41, 5.74) is 4.59. The van der Waals surface area contributed by atoms with Gasteiger partial charge >= 0.3 is 5.97 Å². The van der Waals surface area contributed by atoms with Gasteiger partial charge in [-0.15, -0.1) is 0 Å². The average Bonchev–Trinajstić information content (AvgIpc) is 3.20. The highest BCUT2D eigenvalue weighted by Gasteiger charge is 2.27. The summed E-state index contributed by atoms with van der Waals surface area (Å²) in [7, 11) is 1.45. The Morgan fingerprint density at radius 1 is 0.730 bits per heavy atom. The Kier molecular flexibility index (Phi) is 7.06. The molecule has 6 aromatic rings. The number of ether oxygens (including phenoxy) is 1. The zero-order chi connectivity index (χ0) is 24.5. The van der Waals surface area contributed by atoms with Crippen LogP contribution in [0.25, 0.3) is 32.6 Å². The summed E-state index contributed by atoms with van der Waals surface area (Å²) in [5, 5.41) is 4.87. The van der Waals surface area contributed by atoms with E-state index in [0.29, 0.717) is 13.1 Å². The Morgan fingerprint density at radius 3 is 1.97 bits per heavy atom. The summed E-state index contributed by atoms with van der Waals surface area (Å²) in [6, 6.07) is 38.3. The van der Waals surface area contributed by atoms with E-state index < -0.39 is 0 Å². The zero-order valence-electron chi connectivity index (χ0n) is 20.6. The number of carbonyl (C=O) groups excluding carboxylic acids is 1. The lowest BCUT2D eigenvalue weighted by atomic mass is 10.1. The number of benzene rings is 5. The van der Waals surface area contributed by atoms with Crippen LogP contribution in [-0.4, -0.2) is 17.6 Å². The molecule has 0 aliphatic rings. The van der Waals surface area contributed by atoms with E-state index >= 15 is 0 Å². The maximum absolute atomic E-state index is 12.6. The zero-order valence-corrected chi connectivity index (χ0v) is 22.2. The molecular weight excluding hydrogens is 524 g/mol. The molecule has 0 saturated carbocycles. The van der Waals surface area contributed by atoms with Crippen LogP contribution in [0.4, 0.5) is 0 Å². The van der Waals surface area contributed by atoms with Gasteiger partial charge in [0.2, 0.25) is 0 Å². The molecule has 0 fully saturated rings. The molecule has 0 radical (unpaired) electrons. The van der Waals surface area contributed by atoms with Crippen LogP contribution >= 0.6 is 0 Å². The fourth-order valence-corrected chi connectivity index (χ4v) is 5.13. The molecule has 0 bridgehead atoms. The fraction of sp³-hybridized carbons (Fsp3) is 0.125. The largest absolute Gasteiger partial charge is 1.00 e. The molecule has 0 aliphatic carbocycles. The van der Waals surface area contributed by atoms with Crippen molar-refractivity contribution in [1.82, 2.24) is 4.57 Å². The standard InChI is InChI=1S/C32H27N2O2.BrH/c1-36-32(35)20-31-33(21-23-14-16-25-8-2-4-10-27(25)18-23)29-12-6-7-13-30(29)34(31)22-24-15-17-26-9-3-5-11-28(26)19-24;/h2-19H,20-22H2,1H3;1H/q+1;/p-1. The Morgan fingerprint density at radius 2 is 1.30 bits per heavy atom. The van der Waals surface area contributed by atoms with E-state index in [4.69, 9.17) is 4.74 Å². The van der Waals surface area contributed by atoms with Crippen LogP contribution in [0.5, 0.6) is 0 Å². The van der Waals surface area contributed by atoms with E-state index in [0.717, 1.165) is 16.9 Å². The van der Waals surface area contributed by atoms with Crippen LogP contribution in [0.1, 0.15) is 17.0 Å². The first-order valence-corrected chi connectivity index (χ1v) is 12.2. The minimum Gasteiger partial charge on any atom is -1.00 e. The molecular formula is C32H27BrN2O2. The van der Waals surface area contributed by atoms with Gasteiger partial charge < -0.3 is 21.7 Å². The topological polar surface area (TPSA) is 35.1 Å². The van der Waals surface area contributed by atoms with Crippen LogP contribution in [0, 0.1) is 0 Å². The number of nitrogens with zero attached hydrogens (tertiary/aromatic N) is 2. The molecule has 0 aliphatic heterocycles. The monoisotopic (exact) mass is 550 g/mol. The van der Waals surface area contributed by atoms with E-state index in [1.165, 1.54) is 39.8 Å². The lowest BCUT2D eigenvalue weighted by Gasteiger charge is -2.08. The van der Waals surface area contributed by atoms with Gasteiger partial charge in [-0.3, -0.25) is 4.79 Å². The first kappa shape index (κ1) is 24.7. The second-order valence-corrected chi connectivity index (χ2v) is 9.19. The SMILES string of the molecule is COC(=O)Cc1n(Cc2ccc3ccccc3c2)c2ccccc2[n+]1Cc1ccc2ccccc2c1.[Br-]. The second-order valence-electron chi connectivity index (χ2n) is 9.19. The number of carbonyl (C=O) groups is 1. The number of fused-ring (bicyclic) bond motifs is 3. The Hall–Kier alpha value is -3.96. The summed E-state index contributed by atoms with van der Waals surface area (Å²) in [5.74, 6) is 0.689. The van der Waals surface area contributed by atoms with Gasteiger partial charge in [-0.25, -0.2) is 9.13 Å². The average molecular weight is 551 g/mol. The predicted molar refractivity (Wildman–Crippen MR) is 144 cm³/mol. The highest BCUT2D eigenvalue weighted by Crippen LogP contribution is 2.22. The Balaban J connectivity index is 0.00000280. The summed E-state index contributed by atoms with van der Waals surface area (Å²) in [6.07, 6.45) is 0.201. The van der Waals surface area contributed by atoms with Gasteiger partial charge in [-0.1, -0.05) is 84.9 Å². The highest BCUT2D eigenvalue weighted by molar-refractivity contribution is 5.84. The fourth-order valence-electron chi connectivity index (χ4n) is 5.13. The number of esters is 1. The molecule has 1 heterocycles. The van der Waals surface area contributed by atoms with Gasteiger partial charge in [-0.05, 0) is 56.9 Å². The molecule has 5 heteroatoms. The molecule has 0 spiro atoms. The molecule has 1 aromatic heterocycles. The van der Waals surface area contributed by atoms with Crippen molar-refractivity contribution in [3.63, 3.8) is 0 Å². The number of rotatable bonds is 6. The Bertz CT molecular complexity index is 1620. The smallest absolute Gasteiger partial charge is 0.317 e. The lowest BCUT2D eigenvalue weighted by molar-refractivity contribution is -0.670. The molecule has 0 unspecified atom stereocenters. The third-order valence-electron chi connectivity index (χ3n) is 6.93. The summed E-state index contributed by atoms with van der Waals surface area (Å²) < 4.78 is 9.63. The van der Waals surface area contributed by atoms with E-state index in [1.54, 1.807) is 0 Å². The van der Waals surface area contributed by atoms with Gasteiger partial charge in [0, 0.05) is 0 Å². The minimum atomic E-state index is -0.246. The predicted octanol–water partition coefficient (Wildman–Crippen LogP) is 3.05. The van der Waals surface area contributed by atoms with Crippen LogP contribution < -0.4 is 21.5 Å². The van der Waals surface area contributed by atoms with Crippen molar-refractivity contribution < 1.29 is 31.1 Å². The van der Waals surface area contributed by atoms with Crippen molar-refractivity contribution in [1.29, 1.82) is 0 Å². The highest BCUT2D eigenvalue weighted by atomic mass is 79.9. The van der Waals surface area contributed by atoms with Crippen LogP contribution in [0.15, 0.2) is 109 Å². The van der Waals surface area contributed by atoms with Crippen molar-refractivity contribution in [2.45, 2.75) is 19.5 Å². The third-order valence-corrected chi connectivity index (χ3v) is 6.93. The van der Waals surface area contributed by atoms with Gasteiger partial charge in [0.1, 0.15) is 19.5 Å². The molecule has 6 rings (SSSR count). The first-order valence-electron chi connectivity index (χ1n) is 12.2. The van der Waals surface area contributed by atoms with Gasteiger partial charge in [-0.2, -0.15) is 0 Å². The maximum Gasteiger partial charge on any atom is 0.317 e. The summed E-state index contributed by atoms with van der Waals surface area (Å²) in [6.45, 7) is 1.34. The normalized spacial score (nSPS) is 11.1. The molecule has 0 amide bonds. The van der Waals surface area contributed by atoms with Gasteiger partial charge in [0.15, 0.2) is 11.0 Å². The van der Waals surface area contributed by atoms with E-state index in [1.807, 2.05) is 0 Å². The van der Waals surface area contributed by atoms with Crippen LogP contribution in [0.2, 0.25) is 0 Å². The molecule has 4 nitrogen and oxygen atoms in total. The second kappa shape index (κ2) is 10.6. The van der Waals surface area contributed by atoms with E-state index in [-0.39, 0.29) is 29.4 Å². The molecule has 184 valence electrons. The molecule has 0 N–H and O–H groups in total. The summed E-state index contributed by atoms with van der Waals surface area (Å²) in [4.78, 5) is 12.6. The quantitative estimate of drug-likeness (QED) is 0.236. The van der Waals surface area contributed by atoms with Crippen molar-refractivity contribution in [3.8, 4) is 0 Å². The number of para-hydroxylation sites is 2. The van der Waals surface area contributed by atoms with Crippen molar-refractivity contribution in [3.05, 3.63) is 126 Å².